The molecule has 3 heterocycles. The van der Waals surface area contributed by atoms with Gasteiger partial charge in [-0.2, -0.15) is 0 Å². The van der Waals surface area contributed by atoms with Gasteiger partial charge in [0.1, 0.15) is 0 Å². The van der Waals surface area contributed by atoms with Crippen molar-refractivity contribution >= 4 is 10.9 Å². The zero-order valence-electron chi connectivity index (χ0n) is 18.2. The van der Waals surface area contributed by atoms with E-state index in [2.05, 4.69) is 41.9 Å². The van der Waals surface area contributed by atoms with Gasteiger partial charge in [-0.25, -0.2) is 0 Å². The lowest BCUT2D eigenvalue weighted by atomic mass is 9.95. The number of nitrogens with zero attached hydrogens (tertiary/aromatic N) is 2. The van der Waals surface area contributed by atoms with Crippen molar-refractivity contribution in [3.05, 3.63) is 57.5 Å². The molecule has 154 valence electrons. The molecule has 0 saturated carbocycles. The molecule has 4 rings (SSSR count). The number of fused-ring (bicyclic) bond motifs is 1. The normalized spacial score (nSPS) is 15.5. The van der Waals surface area contributed by atoms with Crippen molar-refractivity contribution < 1.29 is 0 Å². The van der Waals surface area contributed by atoms with Crippen molar-refractivity contribution in [2.45, 2.75) is 52.4 Å². The lowest BCUT2D eigenvalue weighted by Crippen LogP contribution is -2.31. The molecule has 1 N–H and O–H groups in total. The lowest BCUT2D eigenvalue weighted by molar-refractivity contribution is 0.231. The van der Waals surface area contributed by atoms with Gasteiger partial charge in [0.05, 0.1) is 5.69 Å². The maximum Gasteiger partial charge on any atom is 0.253 e. The van der Waals surface area contributed by atoms with Crippen LogP contribution in [0.3, 0.4) is 0 Å². The van der Waals surface area contributed by atoms with Gasteiger partial charge in [-0.05, 0) is 74.5 Å². The Hall–Kier alpha value is -2.33. The minimum Gasteiger partial charge on any atom is -0.354 e. The van der Waals surface area contributed by atoms with Gasteiger partial charge in [-0.1, -0.05) is 26.3 Å². The number of rotatable bonds is 5. The third-order valence-corrected chi connectivity index (χ3v) is 6.30. The van der Waals surface area contributed by atoms with Crippen LogP contribution in [-0.4, -0.2) is 34.1 Å². The highest BCUT2D eigenvalue weighted by Gasteiger charge is 2.18. The van der Waals surface area contributed by atoms with Crippen LogP contribution >= 0.6 is 0 Å². The molecule has 4 heteroatoms. The van der Waals surface area contributed by atoms with Crippen LogP contribution in [0.2, 0.25) is 0 Å². The molecule has 1 aliphatic heterocycles. The van der Waals surface area contributed by atoms with Crippen molar-refractivity contribution in [1.82, 2.24) is 14.5 Å². The second kappa shape index (κ2) is 8.19. The summed E-state index contributed by atoms with van der Waals surface area (Å²) in [5, 5.41) is 1.32. The van der Waals surface area contributed by atoms with Crippen molar-refractivity contribution in [3.8, 4) is 11.3 Å². The molecule has 0 unspecified atom stereocenters. The molecule has 0 bridgehead atoms. The monoisotopic (exact) mass is 391 g/mol. The highest BCUT2D eigenvalue weighted by Crippen LogP contribution is 2.36. The zero-order valence-corrected chi connectivity index (χ0v) is 18.2. The predicted octanol–water partition coefficient (Wildman–Crippen LogP) is 4.99. The summed E-state index contributed by atoms with van der Waals surface area (Å²) in [5.74, 6) is 0.397. The Morgan fingerprint density at radius 2 is 1.86 bits per heavy atom. The van der Waals surface area contributed by atoms with Crippen molar-refractivity contribution in [2.75, 3.05) is 19.6 Å². The SMILES string of the molecule is Cc1cc(-c2[nH]c3ccc(CCN4CCCCC4)cc3c2C(C)C)cn(C)c1=O. The van der Waals surface area contributed by atoms with Crippen LogP contribution in [0.4, 0.5) is 0 Å². The molecule has 4 nitrogen and oxygen atoms in total. The highest BCUT2D eigenvalue weighted by atomic mass is 16.1. The first-order valence-corrected chi connectivity index (χ1v) is 11.0. The Labute approximate surface area is 173 Å². The number of pyridine rings is 1. The van der Waals surface area contributed by atoms with Gasteiger partial charge in [0.15, 0.2) is 0 Å². The summed E-state index contributed by atoms with van der Waals surface area (Å²) in [6.45, 7) is 10.0. The smallest absolute Gasteiger partial charge is 0.253 e. The van der Waals surface area contributed by atoms with Gasteiger partial charge in [0.2, 0.25) is 0 Å². The van der Waals surface area contributed by atoms with Gasteiger partial charge in [0, 0.05) is 41.8 Å². The Morgan fingerprint density at radius 3 is 2.55 bits per heavy atom. The highest BCUT2D eigenvalue weighted by molar-refractivity contribution is 5.91. The minimum atomic E-state index is 0.0657. The molecular weight excluding hydrogens is 358 g/mol. The molecule has 1 fully saturated rings. The molecule has 0 aliphatic carbocycles. The molecule has 1 aromatic carbocycles. The Morgan fingerprint density at radius 1 is 1.10 bits per heavy atom. The number of hydrogen-bond acceptors (Lipinski definition) is 2. The number of aromatic amines is 1. The van der Waals surface area contributed by atoms with E-state index in [1.54, 1.807) is 4.57 Å². The number of piperidine rings is 1. The first-order valence-electron chi connectivity index (χ1n) is 11.0. The molecule has 0 amide bonds. The summed E-state index contributed by atoms with van der Waals surface area (Å²) >= 11 is 0. The molecule has 3 aromatic rings. The average molecular weight is 392 g/mol. The van der Waals surface area contributed by atoms with E-state index in [0.717, 1.165) is 29.8 Å². The molecule has 0 atom stereocenters. The Bertz CT molecular complexity index is 1040. The Balaban J connectivity index is 1.71. The van der Waals surface area contributed by atoms with E-state index in [9.17, 15) is 4.79 Å². The molecule has 2 aromatic heterocycles. The molecule has 29 heavy (non-hydrogen) atoms. The number of nitrogens with one attached hydrogen (secondary N) is 1. The van der Waals surface area contributed by atoms with Crippen molar-refractivity contribution in [1.29, 1.82) is 0 Å². The van der Waals surface area contributed by atoms with Gasteiger partial charge in [-0.15, -0.1) is 0 Å². The second-order valence-corrected chi connectivity index (χ2v) is 8.93. The average Bonchev–Trinajstić information content (AvgIpc) is 3.10. The number of aryl methyl sites for hydroxylation is 2. The summed E-state index contributed by atoms with van der Waals surface area (Å²) in [7, 11) is 1.83. The summed E-state index contributed by atoms with van der Waals surface area (Å²) in [6.07, 6.45) is 7.13. The van der Waals surface area contributed by atoms with E-state index >= 15 is 0 Å². The summed E-state index contributed by atoms with van der Waals surface area (Å²) in [4.78, 5) is 18.4. The van der Waals surface area contributed by atoms with E-state index < -0.39 is 0 Å². The Kier molecular flexibility index (Phi) is 5.64. The van der Waals surface area contributed by atoms with Crippen LogP contribution in [0.5, 0.6) is 0 Å². The predicted molar refractivity (Wildman–Crippen MR) is 122 cm³/mol. The van der Waals surface area contributed by atoms with Crippen LogP contribution in [0, 0.1) is 6.92 Å². The van der Waals surface area contributed by atoms with Crippen LogP contribution in [-0.2, 0) is 13.5 Å². The number of likely N-dealkylation sites (tertiary alicyclic amines) is 1. The molecule has 0 radical (unpaired) electrons. The van der Waals surface area contributed by atoms with Crippen LogP contribution < -0.4 is 5.56 Å². The standard InChI is InChI=1S/C25H33N3O/c1-17(2)23-21-15-19(10-13-28-11-6-5-7-12-28)8-9-22(21)26-24(23)20-14-18(3)25(29)27(4)16-20/h8-9,14-17,26H,5-7,10-13H2,1-4H3. The van der Waals surface area contributed by atoms with Gasteiger partial charge >= 0.3 is 0 Å². The zero-order chi connectivity index (χ0) is 20.5. The fourth-order valence-corrected chi connectivity index (χ4v) is 4.73. The van der Waals surface area contributed by atoms with E-state index in [-0.39, 0.29) is 5.56 Å². The number of H-pyrrole nitrogens is 1. The first-order chi connectivity index (χ1) is 13.9. The topological polar surface area (TPSA) is 41.0 Å². The third-order valence-electron chi connectivity index (χ3n) is 6.30. The summed E-state index contributed by atoms with van der Waals surface area (Å²) < 4.78 is 1.68. The fourth-order valence-electron chi connectivity index (χ4n) is 4.73. The van der Waals surface area contributed by atoms with E-state index in [1.165, 1.54) is 54.4 Å². The second-order valence-electron chi connectivity index (χ2n) is 8.93. The van der Waals surface area contributed by atoms with Crippen LogP contribution in [0.15, 0.2) is 35.3 Å². The number of hydrogen-bond donors (Lipinski definition) is 1. The first kappa shape index (κ1) is 20.0. The maximum absolute atomic E-state index is 12.1. The fraction of sp³-hybridized carbons (Fsp3) is 0.480. The van der Waals surface area contributed by atoms with Crippen molar-refractivity contribution in [3.63, 3.8) is 0 Å². The largest absolute Gasteiger partial charge is 0.354 e. The lowest BCUT2D eigenvalue weighted by Gasteiger charge is -2.26. The van der Waals surface area contributed by atoms with Gasteiger partial charge < -0.3 is 14.5 Å². The summed E-state index contributed by atoms with van der Waals surface area (Å²) in [6, 6.07) is 8.88. The molecular formula is C25H33N3O. The van der Waals surface area contributed by atoms with Gasteiger partial charge in [0.25, 0.3) is 5.56 Å². The maximum atomic E-state index is 12.1. The van der Waals surface area contributed by atoms with E-state index in [0.29, 0.717) is 5.92 Å². The van der Waals surface area contributed by atoms with Crippen molar-refractivity contribution in [2.24, 2.45) is 7.05 Å². The molecule has 0 spiro atoms. The summed E-state index contributed by atoms with van der Waals surface area (Å²) in [5.41, 5.74) is 7.00. The number of aromatic nitrogens is 2. The third kappa shape index (κ3) is 4.04. The van der Waals surface area contributed by atoms with Crippen LogP contribution in [0.1, 0.15) is 55.7 Å². The quantitative estimate of drug-likeness (QED) is 0.665. The van der Waals surface area contributed by atoms with Crippen LogP contribution in [0.25, 0.3) is 22.2 Å². The van der Waals surface area contributed by atoms with E-state index in [4.69, 9.17) is 0 Å². The van der Waals surface area contributed by atoms with E-state index in [1.807, 2.05) is 26.2 Å². The van der Waals surface area contributed by atoms with Gasteiger partial charge in [-0.3, -0.25) is 4.79 Å². The number of benzene rings is 1. The molecule has 1 aliphatic rings. The minimum absolute atomic E-state index is 0.0657. The molecule has 1 saturated heterocycles.